The van der Waals surface area contributed by atoms with Gasteiger partial charge in [-0.3, -0.25) is 9.59 Å². The van der Waals surface area contributed by atoms with Crippen molar-refractivity contribution in [1.29, 1.82) is 0 Å². The average molecular weight is 260 g/mol. The SMILES string of the molecule is CCCCC(=O)NCCN1C(=O)Cc2ccccc21. The van der Waals surface area contributed by atoms with Crippen LogP contribution in [0.5, 0.6) is 0 Å². The van der Waals surface area contributed by atoms with Crippen LogP contribution in [0.2, 0.25) is 0 Å². The molecule has 4 nitrogen and oxygen atoms in total. The van der Waals surface area contributed by atoms with Crippen molar-refractivity contribution < 1.29 is 9.59 Å². The molecule has 1 aromatic rings. The first-order valence-electron chi connectivity index (χ1n) is 6.87. The van der Waals surface area contributed by atoms with E-state index in [9.17, 15) is 9.59 Å². The molecule has 0 aromatic heterocycles. The highest BCUT2D eigenvalue weighted by Crippen LogP contribution is 2.27. The molecule has 0 aliphatic carbocycles. The summed E-state index contributed by atoms with van der Waals surface area (Å²) in [7, 11) is 0. The van der Waals surface area contributed by atoms with E-state index in [4.69, 9.17) is 0 Å². The molecule has 19 heavy (non-hydrogen) atoms. The Labute approximate surface area is 113 Å². The van der Waals surface area contributed by atoms with Crippen LogP contribution in [0.15, 0.2) is 24.3 Å². The van der Waals surface area contributed by atoms with E-state index in [2.05, 4.69) is 12.2 Å². The lowest BCUT2D eigenvalue weighted by Gasteiger charge is -2.17. The number of para-hydroxylation sites is 1. The minimum absolute atomic E-state index is 0.0711. The molecule has 1 heterocycles. The van der Waals surface area contributed by atoms with Crippen molar-refractivity contribution in [2.75, 3.05) is 18.0 Å². The van der Waals surface area contributed by atoms with E-state index in [0.717, 1.165) is 24.1 Å². The van der Waals surface area contributed by atoms with Gasteiger partial charge in [0.1, 0.15) is 0 Å². The highest BCUT2D eigenvalue weighted by Gasteiger charge is 2.25. The minimum Gasteiger partial charge on any atom is -0.354 e. The Bertz CT molecular complexity index is 471. The summed E-state index contributed by atoms with van der Waals surface area (Å²) in [6.45, 7) is 3.13. The normalized spacial score (nSPS) is 13.5. The van der Waals surface area contributed by atoms with Crippen molar-refractivity contribution in [2.45, 2.75) is 32.6 Å². The summed E-state index contributed by atoms with van der Waals surface area (Å²) in [6, 6.07) is 7.82. The summed E-state index contributed by atoms with van der Waals surface area (Å²) in [6.07, 6.45) is 2.98. The highest BCUT2D eigenvalue weighted by molar-refractivity contribution is 6.01. The van der Waals surface area contributed by atoms with Gasteiger partial charge in [-0.1, -0.05) is 31.5 Å². The monoisotopic (exact) mass is 260 g/mol. The van der Waals surface area contributed by atoms with Gasteiger partial charge in [0.25, 0.3) is 0 Å². The van der Waals surface area contributed by atoms with Crippen LogP contribution < -0.4 is 10.2 Å². The summed E-state index contributed by atoms with van der Waals surface area (Å²) in [5.74, 6) is 0.186. The molecular weight excluding hydrogens is 240 g/mol. The van der Waals surface area contributed by atoms with Crippen LogP contribution in [0.25, 0.3) is 0 Å². The van der Waals surface area contributed by atoms with E-state index < -0.39 is 0 Å². The molecule has 0 bridgehead atoms. The highest BCUT2D eigenvalue weighted by atomic mass is 16.2. The molecule has 102 valence electrons. The fourth-order valence-electron chi connectivity index (χ4n) is 2.29. The average Bonchev–Trinajstić information content (AvgIpc) is 2.73. The molecule has 2 rings (SSSR count). The second kappa shape index (κ2) is 6.36. The van der Waals surface area contributed by atoms with Crippen molar-refractivity contribution in [1.82, 2.24) is 5.32 Å². The molecule has 0 spiro atoms. The number of nitrogens with zero attached hydrogens (tertiary/aromatic N) is 1. The second-order valence-electron chi connectivity index (χ2n) is 4.80. The standard InChI is InChI=1S/C15H20N2O2/c1-2-3-8-14(18)16-9-10-17-13-7-5-4-6-12(13)11-15(17)19/h4-7H,2-3,8-11H2,1H3,(H,16,18). The van der Waals surface area contributed by atoms with Crippen molar-refractivity contribution in [2.24, 2.45) is 0 Å². The molecule has 1 N–H and O–H groups in total. The molecule has 0 radical (unpaired) electrons. The molecule has 1 aliphatic heterocycles. The van der Waals surface area contributed by atoms with Crippen LogP contribution in [0.3, 0.4) is 0 Å². The number of carbonyl (C=O) groups is 2. The van der Waals surface area contributed by atoms with Gasteiger partial charge < -0.3 is 10.2 Å². The van der Waals surface area contributed by atoms with Gasteiger partial charge in [0, 0.05) is 25.2 Å². The minimum atomic E-state index is 0.0711. The Morgan fingerprint density at radius 1 is 1.37 bits per heavy atom. The fourth-order valence-corrected chi connectivity index (χ4v) is 2.29. The lowest BCUT2D eigenvalue weighted by Crippen LogP contribution is -2.36. The van der Waals surface area contributed by atoms with E-state index in [0.29, 0.717) is 25.9 Å². The Balaban J connectivity index is 1.83. The van der Waals surface area contributed by atoms with E-state index in [1.807, 2.05) is 24.3 Å². The van der Waals surface area contributed by atoms with E-state index in [1.165, 1.54) is 0 Å². The molecule has 2 amide bonds. The van der Waals surface area contributed by atoms with E-state index in [1.54, 1.807) is 4.90 Å². The van der Waals surface area contributed by atoms with Gasteiger partial charge >= 0.3 is 0 Å². The number of nitrogens with one attached hydrogen (secondary N) is 1. The zero-order valence-corrected chi connectivity index (χ0v) is 11.3. The third kappa shape index (κ3) is 3.34. The number of rotatable bonds is 6. The summed E-state index contributed by atoms with van der Waals surface area (Å²) in [4.78, 5) is 25.1. The van der Waals surface area contributed by atoms with E-state index in [-0.39, 0.29) is 11.8 Å². The van der Waals surface area contributed by atoms with Crippen molar-refractivity contribution >= 4 is 17.5 Å². The van der Waals surface area contributed by atoms with Gasteiger partial charge in [-0.05, 0) is 18.1 Å². The predicted molar refractivity (Wildman–Crippen MR) is 75.0 cm³/mol. The molecule has 0 atom stereocenters. The molecule has 0 unspecified atom stereocenters. The molecular formula is C15H20N2O2. The summed E-state index contributed by atoms with van der Waals surface area (Å²) >= 11 is 0. The van der Waals surface area contributed by atoms with Crippen molar-refractivity contribution in [3.63, 3.8) is 0 Å². The van der Waals surface area contributed by atoms with E-state index >= 15 is 0 Å². The lowest BCUT2D eigenvalue weighted by molar-refractivity contribution is -0.121. The number of hydrogen-bond acceptors (Lipinski definition) is 2. The molecule has 0 saturated heterocycles. The zero-order valence-electron chi connectivity index (χ0n) is 11.3. The number of anilines is 1. The summed E-state index contributed by atoms with van der Waals surface area (Å²) < 4.78 is 0. The maximum absolute atomic E-state index is 11.9. The third-order valence-electron chi connectivity index (χ3n) is 3.34. The van der Waals surface area contributed by atoms with Crippen LogP contribution in [0, 0.1) is 0 Å². The number of fused-ring (bicyclic) bond motifs is 1. The smallest absolute Gasteiger partial charge is 0.231 e. The Kier molecular flexibility index (Phi) is 4.55. The lowest BCUT2D eigenvalue weighted by atomic mass is 10.2. The maximum atomic E-state index is 11.9. The Morgan fingerprint density at radius 3 is 2.95 bits per heavy atom. The molecule has 4 heteroatoms. The van der Waals surface area contributed by atoms with Crippen LogP contribution >= 0.6 is 0 Å². The second-order valence-corrected chi connectivity index (χ2v) is 4.80. The number of hydrogen-bond donors (Lipinski definition) is 1. The van der Waals surface area contributed by atoms with Gasteiger partial charge in [0.2, 0.25) is 11.8 Å². The molecule has 1 aliphatic rings. The van der Waals surface area contributed by atoms with Crippen LogP contribution in [-0.4, -0.2) is 24.9 Å². The van der Waals surface area contributed by atoms with Gasteiger partial charge in [0.15, 0.2) is 0 Å². The topological polar surface area (TPSA) is 49.4 Å². The van der Waals surface area contributed by atoms with Crippen molar-refractivity contribution in [3.05, 3.63) is 29.8 Å². The quantitative estimate of drug-likeness (QED) is 0.849. The molecule has 0 fully saturated rings. The first kappa shape index (κ1) is 13.6. The van der Waals surface area contributed by atoms with Gasteiger partial charge in [0.05, 0.1) is 6.42 Å². The first-order chi connectivity index (χ1) is 9.22. The molecule has 1 aromatic carbocycles. The maximum Gasteiger partial charge on any atom is 0.231 e. The predicted octanol–water partition coefficient (Wildman–Crippen LogP) is 1.88. The largest absolute Gasteiger partial charge is 0.354 e. The van der Waals surface area contributed by atoms with Crippen LogP contribution in [0.1, 0.15) is 31.7 Å². The van der Waals surface area contributed by atoms with Crippen LogP contribution in [0.4, 0.5) is 5.69 Å². The summed E-state index contributed by atoms with van der Waals surface area (Å²) in [5.41, 5.74) is 2.06. The van der Waals surface area contributed by atoms with Gasteiger partial charge in [-0.15, -0.1) is 0 Å². The third-order valence-corrected chi connectivity index (χ3v) is 3.34. The number of benzene rings is 1. The zero-order chi connectivity index (χ0) is 13.7. The van der Waals surface area contributed by atoms with Crippen LogP contribution in [-0.2, 0) is 16.0 Å². The van der Waals surface area contributed by atoms with Gasteiger partial charge in [-0.25, -0.2) is 0 Å². The fraction of sp³-hybridized carbons (Fsp3) is 0.467. The number of unbranched alkanes of at least 4 members (excludes halogenated alkanes) is 1. The molecule has 0 saturated carbocycles. The Hall–Kier alpha value is -1.84. The first-order valence-corrected chi connectivity index (χ1v) is 6.87. The summed E-state index contributed by atoms with van der Waals surface area (Å²) in [5, 5.41) is 2.86. The Morgan fingerprint density at radius 2 is 2.16 bits per heavy atom. The van der Waals surface area contributed by atoms with Gasteiger partial charge in [-0.2, -0.15) is 0 Å². The van der Waals surface area contributed by atoms with Crippen molar-refractivity contribution in [3.8, 4) is 0 Å². The number of amides is 2. The number of carbonyl (C=O) groups excluding carboxylic acids is 2.